The van der Waals surface area contributed by atoms with E-state index in [9.17, 15) is 8.42 Å². The maximum atomic E-state index is 12.3. The van der Waals surface area contributed by atoms with Gasteiger partial charge in [-0.15, -0.1) is 11.3 Å². The zero-order valence-corrected chi connectivity index (χ0v) is 14.2. The van der Waals surface area contributed by atoms with Gasteiger partial charge in [0.2, 0.25) is 10.0 Å². The van der Waals surface area contributed by atoms with Gasteiger partial charge in [0.25, 0.3) is 0 Å². The summed E-state index contributed by atoms with van der Waals surface area (Å²) in [6, 6.07) is 2.83. The van der Waals surface area contributed by atoms with E-state index in [1.165, 1.54) is 23.5 Å². The molecule has 0 saturated heterocycles. The Kier molecular flexibility index (Phi) is 5.24. The summed E-state index contributed by atoms with van der Waals surface area (Å²) < 4.78 is 27.1. The first-order chi connectivity index (χ1) is 9.85. The molecule has 0 amide bonds. The molecule has 3 N–H and O–H groups in total. The summed E-state index contributed by atoms with van der Waals surface area (Å²) in [6.45, 7) is 2.02. The number of sulfonamides is 1. The normalized spacial score (nSPS) is 11.8. The van der Waals surface area contributed by atoms with Crippen LogP contribution in [0.25, 0.3) is 0 Å². The average molecular weight is 366 g/mol. The molecule has 1 aromatic heterocycles. The van der Waals surface area contributed by atoms with E-state index in [0.717, 1.165) is 5.69 Å². The van der Waals surface area contributed by atoms with Gasteiger partial charge < -0.3 is 5.73 Å². The first-order valence-electron chi connectivity index (χ1n) is 5.92. The molecule has 0 aliphatic carbocycles. The molecule has 0 spiro atoms. The zero-order chi connectivity index (χ0) is 15.6. The molecule has 1 heterocycles. The number of hydrogen-bond acceptors (Lipinski definition) is 5. The summed E-state index contributed by atoms with van der Waals surface area (Å²) in [6.07, 6.45) is 0. The highest BCUT2D eigenvalue weighted by molar-refractivity contribution is 7.89. The Morgan fingerprint density at radius 3 is 2.67 bits per heavy atom. The molecule has 0 saturated carbocycles. The van der Waals surface area contributed by atoms with Crippen LogP contribution in [0.3, 0.4) is 0 Å². The van der Waals surface area contributed by atoms with Gasteiger partial charge in [0.1, 0.15) is 9.90 Å². The number of nitrogens with zero attached hydrogens (tertiary/aromatic N) is 1. The van der Waals surface area contributed by atoms with Gasteiger partial charge >= 0.3 is 0 Å². The molecular formula is C12H13Cl2N3O2S2. The van der Waals surface area contributed by atoms with Crippen LogP contribution in [0.5, 0.6) is 0 Å². The molecule has 21 heavy (non-hydrogen) atoms. The molecule has 9 heteroatoms. The minimum absolute atomic E-state index is 0.0395. The van der Waals surface area contributed by atoms with Crippen LogP contribution in [-0.4, -0.2) is 13.4 Å². The first kappa shape index (κ1) is 16.7. The second kappa shape index (κ2) is 6.60. The molecule has 114 valence electrons. The van der Waals surface area contributed by atoms with Crippen LogP contribution in [0.15, 0.2) is 22.4 Å². The van der Waals surface area contributed by atoms with E-state index in [-0.39, 0.29) is 23.0 Å². The molecule has 0 bridgehead atoms. The molecule has 0 unspecified atom stereocenters. The Bertz CT molecular complexity index is 760. The molecule has 0 aliphatic rings. The van der Waals surface area contributed by atoms with Crippen molar-refractivity contribution in [2.24, 2.45) is 5.73 Å². The predicted molar refractivity (Wildman–Crippen MR) is 85.2 cm³/mol. The summed E-state index contributed by atoms with van der Waals surface area (Å²) >= 11 is 13.4. The highest BCUT2D eigenvalue weighted by atomic mass is 35.5. The van der Waals surface area contributed by atoms with Gasteiger partial charge in [-0.1, -0.05) is 23.2 Å². The molecule has 1 aromatic carbocycles. The van der Waals surface area contributed by atoms with E-state index in [2.05, 4.69) is 9.71 Å². The molecule has 0 aliphatic heterocycles. The van der Waals surface area contributed by atoms with Crippen LogP contribution >= 0.6 is 34.5 Å². The highest BCUT2D eigenvalue weighted by Gasteiger charge is 2.21. The first-order valence-corrected chi connectivity index (χ1v) is 9.04. The second-order valence-electron chi connectivity index (χ2n) is 4.25. The molecule has 2 rings (SSSR count). The number of rotatable bonds is 5. The average Bonchev–Trinajstić information content (AvgIpc) is 2.83. The number of hydrogen-bond donors (Lipinski definition) is 2. The number of thiazole rings is 1. The molecule has 0 fully saturated rings. The monoisotopic (exact) mass is 365 g/mol. The van der Waals surface area contributed by atoms with E-state index in [4.69, 9.17) is 28.9 Å². The lowest BCUT2D eigenvalue weighted by Crippen LogP contribution is -2.24. The number of halogens is 2. The fourth-order valence-corrected chi connectivity index (χ4v) is 4.41. The van der Waals surface area contributed by atoms with Crippen LogP contribution in [0.1, 0.15) is 16.3 Å². The fourth-order valence-electron chi connectivity index (χ4n) is 1.69. The van der Waals surface area contributed by atoms with Crippen LogP contribution < -0.4 is 10.5 Å². The van der Waals surface area contributed by atoms with Gasteiger partial charge in [0.15, 0.2) is 0 Å². The maximum Gasteiger partial charge on any atom is 0.242 e. The Hall–Kier alpha value is -0.700. The molecule has 0 radical (unpaired) electrons. The Morgan fingerprint density at radius 1 is 1.38 bits per heavy atom. The lowest BCUT2D eigenvalue weighted by Gasteiger charge is -2.11. The lowest BCUT2D eigenvalue weighted by molar-refractivity contribution is 0.581. The summed E-state index contributed by atoms with van der Waals surface area (Å²) in [7, 11) is -3.76. The van der Waals surface area contributed by atoms with Crippen molar-refractivity contribution in [3.05, 3.63) is 43.8 Å². The Balaban J connectivity index is 2.27. The van der Waals surface area contributed by atoms with E-state index in [1.807, 2.05) is 12.3 Å². The Morgan fingerprint density at radius 2 is 2.10 bits per heavy atom. The topological polar surface area (TPSA) is 85.1 Å². The van der Waals surface area contributed by atoms with Gasteiger partial charge in [-0.05, 0) is 19.1 Å². The number of nitrogens with two attached hydrogens (primary N) is 1. The SMILES string of the molecule is Cc1csc(CNS(=O)(=O)c2ccc(Cl)c(CN)c2Cl)n1. The van der Waals surface area contributed by atoms with Crippen molar-refractivity contribution < 1.29 is 8.42 Å². The van der Waals surface area contributed by atoms with Crippen LogP contribution in [0.4, 0.5) is 0 Å². The van der Waals surface area contributed by atoms with Gasteiger partial charge in [-0.3, -0.25) is 0 Å². The second-order valence-corrected chi connectivity index (χ2v) is 7.71. The third kappa shape index (κ3) is 3.74. The quantitative estimate of drug-likeness (QED) is 0.852. The number of aromatic nitrogens is 1. The number of nitrogens with one attached hydrogen (secondary N) is 1. The molecule has 2 aromatic rings. The van der Waals surface area contributed by atoms with Crippen LogP contribution in [-0.2, 0) is 23.1 Å². The van der Waals surface area contributed by atoms with E-state index in [1.54, 1.807) is 0 Å². The van der Waals surface area contributed by atoms with E-state index in [0.29, 0.717) is 15.6 Å². The highest BCUT2D eigenvalue weighted by Crippen LogP contribution is 2.30. The van der Waals surface area contributed by atoms with Crippen molar-refractivity contribution in [3.63, 3.8) is 0 Å². The van der Waals surface area contributed by atoms with E-state index >= 15 is 0 Å². The Labute approximate surface area is 137 Å². The van der Waals surface area contributed by atoms with Crippen LogP contribution in [0.2, 0.25) is 10.0 Å². The van der Waals surface area contributed by atoms with Crippen molar-refractivity contribution in [1.82, 2.24) is 9.71 Å². The van der Waals surface area contributed by atoms with Crippen LogP contribution in [0, 0.1) is 6.92 Å². The van der Waals surface area contributed by atoms with Crippen molar-refractivity contribution in [2.75, 3.05) is 0 Å². The van der Waals surface area contributed by atoms with Gasteiger partial charge in [0, 0.05) is 28.2 Å². The van der Waals surface area contributed by atoms with Crippen molar-refractivity contribution >= 4 is 44.6 Å². The standard InChI is InChI=1S/C12H13Cl2N3O2S2/c1-7-6-20-11(17-7)5-16-21(18,19)10-3-2-9(13)8(4-15)12(10)14/h2-3,6,16H,4-5,15H2,1H3. The lowest BCUT2D eigenvalue weighted by atomic mass is 10.2. The summed E-state index contributed by atoms with van der Waals surface area (Å²) in [5, 5.41) is 2.93. The molecule has 5 nitrogen and oxygen atoms in total. The smallest absolute Gasteiger partial charge is 0.242 e. The number of aryl methyl sites for hydroxylation is 1. The third-order valence-corrected chi connectivity index (χ3v) is 6.03. The summed E-state index contributed by atoms with van der Waals surface area (Å²) in [4.78, 5) is 4.16. The minimum Gasteiger partial charge on any atom is -0.326 e. The third-order valence-electron chi connectivity index (χ3n) is 2.72. The van der Waals surface area contributed by atoms with Crippen molar-refractivity contribution in [2.45, 2.75) is 24.9 Å². The van der Waals surface area contributed by atoms with Crippen molar-refractivity contribution in [3.8, 4) is 0 Å². The van der Waals surface area contributed by atoms with Gasteiger partial charge in [-0.2, -0.15) is 0 Å². The summed E-state index contributed by atoms with van der Waals surface area (Å²) in [5.74, 6) is 0. The fraction of sp³-hybridized carbons (Fsp3) is 0.250. The minimum atomic E-state index is -3.76. The van der Waals surface area contributed by atoms with Crippen molar-refractivity contribution in [1.29, 1.82) is 0 Å². The van der Waals surface area contributed by atoms with E-state index < -0.39 is 10.0 Å². The molecular weight excluding hydrogens is 353 g/mol. The molecule has 0 atom stereocenters. The maximum absolute atomic E-state index is 12.3. The number of benzene rings is 1. The van der Waals surface area contributed by atoms with Gasteiger partial charge in [-0.25, -0.2) is 18.1 Å². The summed E-state index contributed by atoms with van der Waals surface area (Å²) in [5.41, 5.74) is 6.80. The largest absolute Gasteiger partial charge is 0.326 e. The zero-order valence-electron chi connectivity index (χ0n) is 11.1. The van der Waals surface area contributed by atoms with Gasteiger partial charge in [0.05, 0.1) is 11.6 Å². The predicted octanol–water partition coefficient (Wildman–Crippen LogP) is 2.70.